The molecule has 4 heterocycles. The fraction of sp³-hybridized carbons (Fsp3) is 0.702. The zero-order valence-corrected chi connectivity index (χ0v) is 74.2. The summed E-state index contributed by atoms with van der Waals surface area (Å²) in [4.78, 5) is 107. The van der Waals surface area contributed by atoms with Crippen LogP contribution in [0.2, 0.25) is 0 Å². The van der Waals surface area contributed by atoms with Crippen LogP contribution in [-0.2, 0) is 48.9 Å². The Bertz CT molecular complexity index is 3550. The van der Waals surface area contributed by atoms with Crippen molar-refractivity contribution in [2.24, 2.45) is 0 Å². The third-order valence-electron chi connectivity index (χ3n) is 20.9. The Labute approximate surface area is 725 Å². The van der Waals surface area contributed by atoms with E-state index in [4.69, 9.17) is 25.5 Å². The molecule has 4 aliphatic heterocycles. The molecule has 0 spiro atoms. The zero-order valence-electron chi connectivity index (χ0n) is 73.4. The van der Waals surface area contributed by atoms with Crippen molar-refractivity contribution < 1.29 is 113 Å². The summed E-state index contributed by atoms with van der Waals surface area (Å²) < 4.78 is 32.3. The van der Waals surface area contributed by atoms with Gasteiger partial charge in [-0.25, -0.2) is 18.0 Å². The van der Waals surface area contributed by atoms with Crippen LogP contribution in [-0.4, -0.2) is 476 Å². The lowest BCUT2D eigenvalue weighted by Crippen LogP contribution is -2.43. The van der Waals surface area contributed by atoms with Crippen LogP contribution in [0.3, 0.4) is 0 Å². The molecule has 16 N–H and O–H groups in total. The molecule has 10 atom stereocenters. The third kappa shape index (κ3) is 49.1. The number of aliphatic hydroxyl groups excluding tert-OH is 9. The van der Waals surface area contributed by atoms with Gasteiger partial charge in [0.2, 0.25) is 0 Å². The molecule has 123 heavy (non-hydrogen) atoms. The smallest absolute Gasteiger partial charge is 0.328 e. The topological polar surface area (TPSA) is 515 Å². The molecule has 3 amide bonds. The molecular formula is C84H144N15O23S-. The summed E-state index contributed by atoms with van der Waals surface area (Å²) in [5.41, 5.74) is 4.08. The van der Waals surface area contributed by atoms with Crippen molar-refractivity contribution >= 4 is 51.7 Å². The minimum atomic E-state index is -4.17. The highest BCUT2D eigenvalue weighted by Crippen LogP contribution is 2.17. The van der Waals surface area contributed by atoms with Gasteiger partial charge in [-0.15, -0.1) is 0 Å². The molecule has 0 radical (unpaired) electrons. The quantitative estimate of drug-likeness (QED) is 0.0252. The number of carbonyl (C=O) groups is 7. The van der Waals surface area contributed by atoms with Gasteiger partial charge in [-0.05, 0) is 121 Å². The minimum absolute atomic E-state index is 0.251. The number of β-amino-alcohol motifs (C(OH)–C–C–N with tert-alkyl or cyclic N) is 8. The number of aliphatic hydroxyl groups is 9. The van der Waals surface area contributed by atoms with Crippen LogP contribution in [0.15, 0.2) is 72.8 Å². The van der Waals surface area contributed by atoms with Crippen molar-refractivity contribution in [3.8, 4) is 0 Å². The lowest BCUT2D eigenvalue weighted by atomic mass is 10.1. The Morgan fingerprint density at radius 1 is 0.333 bits per heavy atom. The lowest BCUT2D eigenvalue weighted by Gasteiger charge is -2.27. The van der Waals surface area contributed by atoms with E-state index in [1.807, 2.05) is 24.3 Å². The summed E-state index contributed by atoms with van der Waals surface area (Å²) >= 11 is 0. The van der Waals surface area contributed by atoms with Crippen LogP contribution < -0.4 is 16.0 Å². The standard InChI is InChI=1S/C24H38N4O7.C23H38N4O6.C22H36N4O5.C15H33N3O5S/c1-17(29)14-26-7-8-27(15-18(2)30)10-12-28(11-9-26)16-19-3-5-20(6-4-19)23(33)25-21(24(34)35)13-22(31)32;1-17(29)13-25-7-8-26(14-18(2)30)10-12-27(11-9-25)15-19-3-5-20(6-4-19)22(31)24-21(16-28)23(32)33;1-17(27)14-24-7-8-25(15-18(2)28)10-12-26(11-9-24)16-19-3-5-20(6-4-19)22(31)23-13-21(29)30;1-14(19)12-17-7-5-16(4-3-11-24(21,22)23)6-8-18(10-9-17)13-15(2)20/h3-6,17-18,21,29-30H,7-16H2,1-2H3,(H,25,33)(H,31,32)(H,34,35);3-6,17-18,21,28-30H,7-16H2,1-2H3,(H,24,31)(H,32,33);3-6,17-18,27-28H,7-16H2,1-2H3,(H,23,31)(H,29,30);14-15,19-20H,3-13H2,1-2H3,(H,21,22,23)/p-1/t2*17-,18-,21?;17-,18-;14-,15-/m0000/s1. The van der Waals surface area contributed by atoms with Gasteiger partial charge in [0.1, 0.15) is 12.6 Å². The van der Waals surface area contributed by atoms with Crippen molar-refractivity contribution in [1.29, 1.82) is 0 Å². The molecule has 39 heteroatoms. The number of carboxylic acids is 4. The largest absolute Gasteiger partial charge is 0.748 e. The van der Waals surface area contributed by atoms with E-state index in [1.165, 1.54) is 0 Å². The zero-order chi connectivity index (χ0) is 91.3. The number of rotatable bonds is 38. The van der Waals surface area contributed by atoms with Crippen molar-refractivity contribution in [3.05, 3.63) is 106 Å². The van der Waals surface area contributed by atoms with Gasteiger partial charge < -0.3 is 91.8 Å². The monoisotopic (exact) mass is 1760 g/mol. The van der Waals surface area contributed by atoms with Gasteiger partial charge in [0.25, 0.3) is 17.7 Å². The Balaban J connectivity index is 0.000000347. The normalized spacial score (nSPS) is 19.9. The van der Waals surface area contributed by atoms with Gasteiger partial charge in [0.15, 0.2) is 6.04 Å². The molecular weight excluding hydrogens is 1620 g/mol. The molecule has 0 saturated carbocycles. The van der Waals surface area contributed by atoms with E-state index in [9.17, 15) is 87.4 Å². The maximum Gasteiger partial charge on any atom is 0.328 e. The SMILES string of the molecule is C[C@H](O)CN1CCN(CCCS(=O)(=O)[O-])CCN(C[C@H](C)O)CC1.C[C@H](O)CN1CCN(Cc2ccc(C(=O)NC(CC(=O)O)C(=O)O)cc2)CCN(C[C@H](C)O)CC1.C[C@H](O)CN1CCN(Cc2ccc(C(=O)NC(CO)C(=O)O)cc2)CCN(C[C@H](C)O)CC1.C[C@H](O)CN1CCN(Cc2ccc(C(=O)NCC(=O)O)cc2)CCN(C[C@H](C)O)CC1. The third-order valence-corrected chi connectivity index (χ3v) is 21.7. The first-order chi connectivity index (χ1) is 58.1. The predicted octanol–water partition coefficient (Wildman–Crippen LogP) is -3.15. The molecule has 0 bridgehead atoms. The highest BCUT2D eigenvalue weighted by atomic mass is 32.2. The lowest BCUT2D eigenvalue weighted by molar-refractivity contribution is -0.145. The molecule has 700 valence electrons. The van der Waals surface area contributed by atoms with Gasteiger partial charge >= 0.3 is 23.9 Å². The Hall–Kier alpha value is -6.98. The van der Waals surface area contributed by atoms with Crippen LogP contribution in [0.1, 0.15) is 116 Å². The molecule has 0 aliphatic carbocycles. The summed E-state index contributed by atoms with van der Waals surface area (Å²) in [6, 6.07) is 18.2. The van der Waals surface area contributed by atoms with Crippen LogP contribution in [0.5, 0.6) is 0 Å². The van der Waals surface area contributed by atoms with Crippen molar-refractivity contribution in [1.82, 2.24) is 74.7 Å². The second-order valence-corrected chi connectivity index (χ2v) is 34.7. The summed E-state index contributed by atoms with van der Waals surface area (Å²) in [5.74, 6) is -7.01. The maximum atomic E-state index is 12.4. The number of carboxylic acid groups (broad SMARTS) is 4. The number of amides is 3. The van der Waals surface area contributed by atoms with Gasteiger partial charge in [0.05, 0.1) is 72.0 Å². The average molecular weight is 1760 g/mol. The van der Waals surface area contributed by atoms with Crippen molar-refractivity contribution in [2.75, 3.05) is 235 Å². The predicted molar refractivity (Wildman–Crippen MR) is 463 cm³/mol. The Morgan fingerprint density at radius 3 is 0.756 bits per heavy atom. The molecule has 4 saturated heterocycles. The summed E-state index contributed by atoms with van der Waals surface area (Å²) in [6.07, 6.45) is -3.63. The molecule has 7 rings (SSSR count). The molecule has 4 fully saturated rings. The first kappa shape index (κ1) is 108. The number of benzene rings is 3. The number of nitrogens with zero attached hydrogens (tertiary/aromatic N) is 12. The maximum absolute atomic E-state index is 12.4. The molecule has 38 nitrogen and oxygen atoms in total. The van der Waals surface area contributed by atoms with E-state index in [0.29, 0.717) is 89.5 Å². The number of hydrogen-bond acceptors (Lipinski definition) is 31. The highest BCUT2D eigenvalue weighted by Gasteiger charge is 2.28. The average Bonchev–Trinajstić information content (AvgIpc) is 1.26. The van der Waals surface area contributed by atoms with E-state index < -0.39 is 120 Å². The number of hydrogen-bond donors (Lipinski definition) is 16. The van der Waals surface area contributed by atoms with Crippen LogP contribution >= 0.6 is 0 Å². The van der Waals surface area contributed by atoms with Crippen LogP contribution in [0, 0.1) is 0 Å². The first-order valence-corrected chi connectivity index (χ1v) is 44.4. The van der Waals surface area contributed by atoms with E-state index in [-0.39, 0.29) is 23.5 Å². The van der Waals surface area contributed by atoms with Gasteiger partial charge in [-0.2, -0.15) is 0 Å². The summed E-state index contributed by atoms with van der Waals surface area (Å²) in [7, 11) is -4.17. The Kier molecular flexibility index (Phi) is 51.4. The van der Waals surface area contributed by atoms with Crippen LogP contribution in [0.25, 0.3) is 0 Å². The fourth-order valence-electron chi connectivity index (χ4n) is 14.7. The van der Waals surface area contributed by atoms with E-state index in [0.717, 1.165) is 180 Å². The second kappa shape index (κ2) is 58.4. The van der Waals surface area contributed by atoms with Crippen LogP contribution in [0.4, 0.5) is 0 Å². The van der Waals surface area contributed by atoms with E-state index in [2.05, 4.69) is 74.7 Å². The number of nitrogens with one attached hydrogen (secondary N) is 3. The minimum Gasteiger partial charge on any atom is -0.748 e. The van der Waals surface area contributed by atoms with Gasteiger partial charge in [-0.3, -0.25) is 77.9 Å². The number of aliphatic carboxylic acids is 4. The van der Waals surface area contributed by atoms with Crippen molar-refractivity contribution in [2.45, 2.75) is 149 Å². The van der Waals surface area contributed by atoms with Gasteiger partial charge in [-0.1, -0.05) is 36.4 Å². The highest BCUT2D eigenvalue weighted by molar-refractivity contribution is 7.85. The van der Waals surface area contributed by atoms with E-state index >= 15 is 0 Å². The van der Waals surface area contributed by atoms with E-state index in [1.54, 1.807) is 104 Å². The summed E-state index contributed by atoms with van der Waals surface area (Å²) in [6.45, 7) is 40.2. The number of carbonyl (C=O) groups excluding carboxylic acids is 3. The Morgan fingerprint density at radius 2 is 0.553 bits per heavy atom. The molecule has 0 aromatic heterocycles. The molecule has 2 unspecified atom stereocenters. The second-order valence-electron chi connectivity index (χ2n) is 33.2. The first-order valence-electron chi connectivity index (χ1n) is 42.8. The molecule has 3 aromatic carbocycles. The summed E-state index contributed by atoms with van der Waals surface area (Å²) in [5, 5.41) is 130. The molecule has 3 aromatic rings. The fourth-order valence-corrected chi connectivity index (χ4v) is 15.2. The van der Waals surface area contributed by atoms with Gasteiger partial charge in [0, 0.05) is 252 Å². The van der Waals surface area contributed by atoms with Crippen molar-refractivity contribution in [3.63, 3.8) is 0 Å². The molecule has 4 aliphatic rings.